The van der Waals surface area contributed by atoms with Gasteiger partial charge in [0.05, 0.1) is 23.4 Å². The first-order valence-corrected chi connectivity index (χ1v) is 14.6. The topological polar surface area (TPSA) is 149 Å². The molecule has 0 aliphatic heterocycles. The summed E-state index contributed by atoms with van der Waals surface area (Å²) in [5, 5.41) is 22.6. The molecule has 206 valence electrons. The number of sulfonamides is 1. The number of hydrogen-bond donors (Lipinski definition) is 5. The summed E-state index contributed by atoms with van der Waals surface area (Å²) >= 11 is 0. The highest BCUT2D eigenvalue weighted by molar-refractivity contribution is 7.89. The molecule has 0 unspecified atom stereocenters. The molecule has 1 aromatic heterocycles. The van der Waals surface area contributed by atoms with E-state index in [1.54, 1.807) is 44.2 Å². The minimum Gasteiger partial charge on any atom is -0.494 e. The lowest BCUT2D eigenvalue weighted by atomic mass is 9.93. The number of hydrogen-bond acceptors (Lipinski definition) is 6. The number of nitrogens with one attached hydrogen (secondary N) is 3. The first kappa shape index (κ1) is 30.4. The first-order valence-electron chi connectivity index (χ1n) is 13.0. The second kappa shape index (κ2) is 14.2. The Morgan fingerprint density at radius 1 is 0.973 bits per heavy atom. The maximum Gasteiger partial charge on any atom is 0.222 e. The van der Waals surface area contributed by atoms with Crippen LogP contribution in [0.3, 0.4) is 0 Å². The van der Waals surface area contributed by atoms with Crippen LogP contribution < -0.4 is 10.0 Å². The SMILES string of the molecule is CCCCCCCCS(=O)(=O)N[C@@H](CC(=O)N[C@H](C(=O)c1c(O)[nH]c(O)c1C)C(C)C)c1ccccc1. The van der Waals surface area contributed by atoms with Crippen molar-refractivity contribution in [2.75, 3.05) is 5.75 Å². The quantitative estimate of drug-likeness (QED) is 0.158. The van der Waals surface area contributed by atoms with E-state index in [9.17, 15) is 28.2 Å². The van der Waals surface area contributed by atoms with Gasteiger partial charge in [-0.05, 0) is 24.8 Å². The van der Waals surface area contributed by atoms with Crippen LogP contribution in [0.2, 0.25) is 0 Å². The van der Waals surface area contributed by atoms with Crippen LogP contribution in [-0.2, 0) is 14.8 Å². The largest absolute Gasteiger partial charge is 0.494 e. The molecule has 10 heteroatoms. The van der Waals surface area contributed by atoms with Crippen molar-refractivity contribution in [3.63, 3.8) is 0 Å². The van der Waals surface area contributed by atoms with Crippen LogP contribution in [0.1, 0.15) is 93.2 Å². The number of Topliss-reactive ketones (excluding diaryl/α,β-unsaturated/α-hetero) is 1. The van der Waals surface area contributed by atoms with E-state index < -0.39 is 39.7 Å². The molecule has 0 spiro atoms. The van der Waals surface area contributed by atoms with Crippen LogP contribution in [0, 0.1) is 12.8 Å². The maximum absolute atomic E-state index is 13.2. The van der Waals surface area contributed by atoms with Crippen molar-refractivity contribution in [3.8, 4) is 11.8 Å². The van der Waals surface area contributed by atoms with Gasteiger partial charge in [0, 0.05) is 12.0 Å². The molecule has 0 aliphatic carbocycles. The van der Waals surface area contributed by atoms with Crippen molar-refractivity contribution >= 4 is 21.7 Å². The van der Waals surface area contributed by atoms with Gasteiger partial charge in [0.25, 0.3) is 0 Å². The van der Waals surface area contributed by atoms with Gasteiger partial charge in [-0.15, -0.1) is 0 Å². The molecule has 2 aromatic rings. The normalized spacial score (nSPS) is 13.4. The molecule has 1 amide bonds. The van der Waals surface area contributed by atoms with Crippen LogP contribution in [0.25, 0.3) is 0 Å². The van der Waals surface area contributed by atoms with Crippen LogP contribution in [0.15, 0.2) is 30.3 Å². The number of H-pyrrole nitrogens is 1. The molecule has 2 atom stereocenters. The van der Waals surface area contributed by atoms with E-state index in [4.69, 9.17) is 0 Å². The molecule has 0 bridgehead atoms. The Labute approximate surface area is 220 Å². The highest BCUT2D eigenvalue weighted by atomic mass is 32.2. The van der Waals surface area contributed by atoms with E-state index >= 15 is 0 Å². The summed E-state index contributed by atoms with van der Waals surface area (Å²) in [6.45, 7) is 7.12. The molecule has 1 aromatic carbocycles. The lowest BCUT2D eigenvalue weighted by Crippen LogP contribution is -2.45. The first-order chi connectivity index (χ1) is 17.5. The minimum atomic E-state index is -3.64. The Morgan fingerprint density at radius 3 is 2.16 bits per heavy atom. The maximum atomic E-state index is 13.2. The summed E-state index contributed by atoms with van der Waals surface area (Å²) in [7, 11) is -3.64. The van der Waals surface area contributed by atoms with Crippen molar-refractivity contribution in [1.82, 2.24) is 15.0 Å². The number of carbonyl (C=O) groups is 2. The van der Waals surface area contributed by atoms with Gasteiger partial charge in [-0.1, -0.05) is 83.2 Å². The van der Waals surface area contributed by atoms with Crippen LogP contribution in [0.4, 0.5) is 0 Å². The van der Waals surface area contributed by atoms with Gasteiger partial charge >= 0.3 is 0 Å². The third-order valence-corrected chi connectivity index (χ3v) is 7.87. The number of amides is 1. The number of ketones is 1. The molecule has 1 heterocycles. The van der Waals surface area contributed by atoms with Crippen molar-refractivity contribution in [2.24, 2.45) is 5.92 Å². The zero-order chi connectivity index (χ0) is 27.6. The Balaban J connectivity index is 2.13. The fourth-order valence-electron chi connectivity index (χ4n) is 4.24. The van der Waals surface area contributed by atoms with E-state index in [0.29, 0.717) is 12.0 Å². The third kappa shape index (κ3) is 9.19. The number of carbonyl (C=O) groups excluding carboxylic acids is 2. The Hall–Kier alpha value is -2.85. The number of rotatable bonds is 16. The summed E-state index contributed by atoms with van der Waals surface area (Å²) in [4.78, 5) is 28.6. The summed E-state index contributed by atoms with van der Waals surface area (Å²) < 4.78 is 28.3. The minimum absolute atomic E-state index is 0.0211. The lowest BCUT2D eigenvalue weighted by molar-refractivity contribution is -0.122. The van der Waals surface area contributed by atoms with Gasteiger partial charge < -0.3 is 15.5 Å². The fraction of sp³-hybridized carbons (Fsp3) is 0.556. The van der Waals surface area contributed by atoms with Gasteiger partial charge in [-0.25, -0.2) is 13.1 Å². The van der Waals surface area contributed by atoms with Crippen LogP contribution >= 0.6 is 0 Å². The monoisotopic (exact) mass is 535 g/mol. The summed E-state index contributed by atoms with van der Waals surface area (Å²) in [6.07, 6.45) is 5.51. The molecule has 5 N–H and O–H groups in total. The molecule has 2 rings (SSSR count). The summed E-state index contributed by atoms with van der Waals surface area (Å²) in [5.74, 6) is -2.20. The average molecular weight is 536 g/mol. The summed E-state index contributed by atoms with van der Waals surface area (Å²) in [5.41, 5.74) is 0.739. The van der Waals surface area contributed by atoms with Gasteiger partial charge in [0.2, 0.25) is 21.8 Å². The molecule has 9 nitrogen and oxygen atoms in total. The fourth-order valence-corrected chi connectivity index (χ4v) is 5.59. The van der Waals surface area contributed by atoms with Crippen molar-refractivity contribution in [1.29, 1.82) is 0 Å². The van der Waals surface area contributed by atoms with E-state index in [0.717, 1.165) is 32.1 Å². The molecular weight excluding hydrogens is 494 g/mol. The Kier molecular flexibility index (Phi) is 11.6. The molecule has 0 radical (unpaired) electrons. The van der Waals surface area contributed by atoms with Crippen molar-refractivity contribution in [3.05, 3.63) is 47.0 Å². The zero-order valence-corrected chi connectivity index (χ0v) is 23.0. The second-order valence-electron chi connectivity index (χ2n) is 9.85. The molecule has 0 aliphatic rings. The molecule has 0 saturated carbocycles. The smallest absolute Gasteiger partial charge is 0.222 e. The Bertz CT molecular complexity index is 1130. The van der Waals surface area contributed by atoms with Crippen molar-refractivity contribution in [2.45, 2.75) is 84.7 Å². The zero-order valence-electron chi connectivity index (χ0n) is 22.2. The molecule has 0 saturated heterocycles. The van der Waals surface area contributed by atoms with Crippen LogP contribution in [-0.4, -0.2) is 47.1 Å². The standard InChI is InChI=1S/C27H41N3O6S/c1-5-6-7-8-9-13-16-37(35,36)30-21(20-14-11-10-12-15-20)17-22(31)28-24(18(2)3)25(32)23-19(4)26(33)29-27(23)34/h10-12,14-15,18,21,24,29-30,33-34H,5-9,13,16-17H2,1-4H3,(H,28,31)/t21-,24-/m0/s1. The Morgan fingerprint density at radius 2 is 1.59 bits per heavy atom. The van der Waals surface area contributed by atoms with E-state index in [2.05, 4.69) is 21.9 Å². The predicted molar refractivity (Wildman–Crippen MR) is 144 cm³/mol. The van der Waals surface area contributed by atoms with E-state index in [1.807, 2.05) is 0 Å². The second-order valence-corrected chi connectivity index (χ2v) is 11.7. The summed E-state index contributed by atoms with van der Waals surface area (Å²) in [6, 6.07) is 7.06. The molecule has 0 fully saturated rings. The van der Waals surface area contributed by atoms with Gasteiger partial charge in [-0.3, -0.25) is 14.6 Å². The lowest BCUT2D eigenvalue weighted by Gasteiger charge is -2.24. The van der Waals surface area contributed by atoms with E-state index in [-0.39, 0.29) is 35.1 Å². The predicted octanol–water partition coefficient (Wildman–Crippen LogP) is 4.47. The van der Waals surface area contributed by atoms with E-state index in [1.165, 1.54) is 6.92 Å². The van der Waals surface area contributed by atoms with Gasteiger partial charge in [0.15, 0.2) is 11.7 Å². The van der Waals surface area contributed by atoms with Gasteiger partial charge in [0.1, 0.15) is 0 Å². The average Bonchev–Trinajstić information content (AvgIpc) is 3.10. The van der Waals surface area contributed by atoms with Gasteiger partial charge in [-0.2, -0.15) is 0 Å². The molecular formula is C27H41N3O6S. The number of aromatic nitrogens is 1. The highest BCUT2D eigenvalue weighted by Crippen LogP contribution is 2.30. The molecule has 37 heavy (non-hydrogen) atoms. The van der Waals surface area contributed by atoms with Crippen LogP contribution in [0.5, 0.6) is 11.8 Å². The third-order valence-electron chi connectivity index (χ3n) is 6.40. The number of aromatic hydroxyl groups is 2. The highest BCUT2D eigenvalue weighted by Gasteiger charge is 2.32. The number of benzene rings is 1. The number of unbranched alkanes of at least 4 members (excludes halogenated alkanes) is 5. The number of aromatic amines is 1. The van der Waals surface area contributed by atoms with Crippen molar-refractivity contribution < 1.29 is 28.2 Å².